The molecule has 1 aliphatic heterocycles. The number of ether oxygens (including phenoxy) is 1. The van der Waals surface area contributed by atoms with E-state index in [-0.39, 0.29) is 12.8 Å². The van der Waals surface area contributed by atoms with Crippen LogP contribution in [0.5, 0.6) is 0 Å². The molecule has 3 atom stereocenters. The fraction of sp³-hybridized carbons (Fsp3) is 0.522. The molecule has 2 aromatic heterocycles. The SMILES string of the molecule is Cc1cccnc1[C@H]1CC(OS(C)(=O)=O)C[C@@H](c2ncccc2C)N1C(=O)OC(C)(C)C. The molecule has 1 amide bonds. The van der Waals surface area contributed by atoms with E-state index in [1.807, 2.05) is 58.9 Å². The Kier molecular flexibility index (Phi) is 6.90. The molecule has 2 aromatic rings. The zero-order valence-corrected chi connectivity index (χ0v) is 20.2. The van der Waals surface area contributed by atoms with E-state index in [0.29, 0.717) is 11.4 Å². The van der Waals surface area contributed by atoms with Gasteiger partial charge in [0.1, 0.15) is 5.60 Å². The molecule has 0 aliphatic carbocycles. The van der Waals surface area contributed by atoms with Gasteiger partial charge in [0.2, 0.25) is 0 Å². The largest absolute Gasteiger partial charge is 0.444 e. The van der Waals surface area contributed by atoms with Gasteiger partial charge in [-0.3, -0.25) is 19.1 Å². The van der Waals surface area contributed by atoms with Crippen LogP contribution in [-0.4, -0.2) is 47.3 Å². The summed E-state index contributed by atoms with van der Waals surface area (Å²) in [5, 5.41) is 0. The summed E-state index contributed by atoms with van der Waals surface area (Å²) in [4.78, 5) is 24.2. The van der Waals surface area contributed by atoms with Crippen molar-refractivity contribution >= 4 is 16.2 Å². The molecule has 0 aromatic carbocycles. The van der Waals surface area contributed by atoms with Crippen LogP contribution in [0.25, 0.3) is 0 Å². The summed E-state index contributed by atoms with van der Waals surface area (Å²) in [6.07, 6.45) is 3.77. The number of hydrogen-bond acceptors (Lipinski definition) is 7. The van der Waals surface area contributed by atoms with Crippen molar-refractivity contribution in [3.05, 3.63) is 59.2 Å². The third-order valence-corrected chi connectivity index (χ3v) is 5.91. The normalized spacial score (nSPS) is 21.9. The first-order valence-corrected chi connectivity index (χ1v) is 12.4. The maximum Gasteiger partial charge on any atom is 0.411 e. The van der Waals surface area contributed by atoms with Gasteiger partial charge in [-0.2, -0.15) is 8.42 Å². The van der Waals surface area contributed by atoms with E-state index in [1.165, 1.54) is 0 Å². The van der Waals surface area contributed by atoms with Crippen LogP contribution in [0, 0.1) is 13.8 Å². The van der Waals surface area contributed by atoms with Crippen LogP contribution in [0.2, 0.25) is 0 Å². The lowest BCUT2D eigenvalue weighted by atomic mass is 9.87. The molecular weight excluding hydrogens is 430 g/mol. The summed E-state index contributed by atoms with van der Waals surface area (Å²) in [5.41, 5.74) is 2.44. The minimum Gasteiger partial charge on any atom is -0.444 e. The average Bonchev–Trinajstić information content (AvgIpc) is 2.65. The number of carbonyl (C=O) groups is 1. The van der Waals surface area contributed by atoms with Crippen molar-refractivity contribution < 1.29 is 22.1 Å². The molecule has 0 bridgehead atoms. The van der Waals surface area contributed by atoms with Gasteiger partial charge in [-0.25, -0.2) is 4.79 Å². The Bertz CT molecular complexity index is 1030. The van der Waals surface area contributed by atoms with E-state index < -0.39 is 40.0 Å². The summed E-state index contributed by atoms with van der Waals surface area (Å²) >= 11 is 0. The molecule has 174 valence electrons. The van der Waals surface area contributed by atoms with Crippen LogP contribution in [0.15, 0.2) is 36.7 Å². The van der Waals surface area contributed by atoms with Gasteiger partial charge in [0, 0.05) is 25.2 Å². The smallest absolute Gasteiger partial charge is 0.411 e. The lowest BCUT2D eigenvalue weighted by Gasteiger charge is -2.44. The average molecular weight is 462 g/mol. The minimum atomic E-state index is -3.70. The fourth-order valence-corrected chi connectivity index (χ4v) is 4.77. The molecular formula is C23H31N3O5S. The molecule has 3 heterocycles. The lowest BCUT2D eigenvalue weighted by molar-refractivity contribution is -0.0275. The van der Waals surface area contributed by atoms with E-state index in [0.717, 1.165) is 17.4 Å². The first kappa shape index (κ1) is 24.1. The van der Waals surface area contributed by atoms with Crippen molar-refractivity contribution in [3.8, 4) is 0 Å². The van der Waals surface area contributed by atoms with Crippen molar-refractivity contribution in [2.75, 3.05) is 6.26 Å². The zero-order chi connectivity index (χ0) is 23.7. The van der Waals surface area contributed by atoms with Crippen molar-refractivity contribution in [3.63, 3.8) is 0 Å². The number of aryl methyl sites for hydroxylation is 2. The highest BCUT2D eigenvalue weighted by Gasteiger charge is 2.45. The highest BCUT2D eigenvalue weighted by atomic mass is 32.2. The predicted octanol–water partition coefficient (Wildman–Crippen LogP) is 4.25. The Balaban J connectivity index is 2.15. The van der Waals surface area contributed by atoms with E-state index >= 15 is 0 Å². The molecule has 0 radical (unpaired) electrons. The monoisotopic (exact) mass is 461 g/mol. The number of pyridine rings is 2. The topological polar surface area (TPSA) is 98.7 Å². The van der Waals surface area contributed by atoms with Crippen molar-refractivity contribution in [1.29, 1.82) is 0 Å². The van der Waals surface area contributed by atoms with Crippen LogP contribution in [0.4, 0.5) is 4.79 Å². The number of amides is 1. The number of aromatic nitrogens is 2. The van der Waals surface area contributed by atoms with Gasteiger partial charge in [0.05, 0.1) is 35.8 Å². The Morgan fingerprint density at radius 1 is 1.00 bits per heavy atom. The second-order valence-electron chi connectivity index (χ2n) is 9.22. The zero-order valence-electron chi connectivity index (χ0n) is 19.4. The van der Waals surface area contributed by atoms with Gasteiger partial charge in [-0.1, -0.05) is 12.1 Å². The molecule has 32 heavy (non-hydrogen) atoms. The first-order valence-electron chi connectivity index (χ1n) is 10.6. The second kappa shape index (κ2) is 9.15. The molecule has 1 saturated heterocycles. The highest BCUT2D eigenvalue weighted by molar-refractivity contribution is 7.86. The number of nitrogens with zero attached hydrogens (tertiary/aromatic N) is 3. The van der Waals surface area contributed by atoms with Gasteiger partial charge in [-0.05, 0) is 57.9 Å². The lowest BCUT2D eigenvalue weighted by Crippen LogP contribution is -2.48. The molecule has 0 N–H and O–H groups in total. The molecule has 1 fully saturated rings. The molecule has 0 saturated carbocycles. The number of hydrogen-bond donors (Lipinski definition) is 0. The first-order chi connectivity index (χ1) is 14.9. The molecule has 9 heteroatoms. The Morgan fingerprint density at radius 3 is 1.84 bits per heavy atom. The van der Waals surface area contributed by atoms with E-state index in [4.69, 9.17) is 8.92 Å². The van der Waals surface area contributed by atoms with Crippen LogP contribution in [0.3, 0.4) is 0 Å². The quantitative estimate of drug-likeness (QED) is 0.628. The molecule has 8 nitrogen and oxygen atoms in total. The molecule has 1 unspecified atom stereocenters. The van der Waals surface area contributed by atoms with Gasteiger partial charge >= 0.3 is 6.09 Å². The fourth-order valence-electron chi connectivity index (χ4n) is 4.11. The Morgan fingerprint density at radius 2 is 1.47 bits per heavy atom. The van der Waals surface area contributed by atoms with Gasteiger partial charge in [0.25, 0.3) is 10.1 Å². The Hall–Kier alpha value is -2.52. The van der Waals surface area contributed by atoms with Gasteiger partial charge in [-0.15, -0.1) is 0 Å². The van der Waals surface area contributed by atoms with E-state index in [2.05, 4.69) is 9.97 Å². The second-order valence-corrected chi connectivity index (χ2v) is 10.8. The summed E-state index contributed by atoms with van der Waals surface area (Å²) < 4.78 is 35.1. The summed E-state index contributed by atoms with van der Waals surface area (Å²) in [7, 11) is -3.70. The van der Waals surface area contributed by atoms with Crippen LogP contribution in [-0.2, 0) is 19.0 Å². The maximum absolute atomic E-state index is 13.5. The predicted molar refractivity (Wildman–Crippen MR) is 120 cm³/mol. The van der Waals surface area contributed by atoms with Crippen LogP contribution < -0.4 is 0 Å². The van der Waals surface area contributed by atoms with Gasteiger partial charge in [0.15, 0.2) is 0 Å². The highest BCUT2D eigenvalue weighted by Crippen LogP contribution is 2.44. The summed E-state index contributed by atoms with van der Waals surface area (Å²) in [6.45, 7) is 9.26. The minimum absolute atomic E-state index is 0.270. The molecule has 1 aliphatic rings. The molecule has 0 spiro atoms. The number of piperidine rings is 1. The van der Waals surface area contributed by atoms with Crippen LogP contribution >= 0.6 is 0 Å². The van der Waals surface area contributed by atoms with Crippen molar-refractivity contribution in [2.24, 2.45) is 0 Å². The third kappa shape index (κ3) is 5.83. The Labute approximate surface area is 190 Å². The number of likely N-dealkylation sites (tertiary alicyclic amines) is 1. The van der Waals surface area contributed by atoms with E-state index in [1.54, 1.807) is 17.3 Å². The van der Waals surface area contributed by atoms with E-state index in [9.17, 15) is 13.2 Å². The third-order valence-electron chi connectivity index (χ3n) is 5.29. The number of rotatable bonds is 4. The van der Waals surface area contributed by atoms with Crippen LogP contribution in [0.1, 0.15) is 68.2 Å². The summed E-state index contributed by atoms with van der Waals surface area (Å²) in [6, 6.07) is 6.39. The van der Waals surface area contributed by atoms with Crippen molar-refractivity contribution in [2.45, 2.75) is 71.2 Å². The maximum atomic E-state index is 13.5. The van der Waals surface area contributed by atoms with Crippen molar-refractivity contribution in [1.82, 2.24) is 14.9 Å². The van der Waals surface area contributed by atoms with Gasteiger partial charge < -0.3 is 4.74 Å². The standard InChI is InChI=1S/C23H31N3O5S/c1-15-9-7-11-24-20(15)18-13-17(31-32(6,28)29)14-19(21-16(2)10-8-12-25-21)26(18)22(27)30-23(3,4)5/h7-12,17-19H,13-14H2,1-6H3/t17?,18-,19+. The number of carbonyl (C=O) groups excluding carboxylic acids is 1. The summed E-state index contributed by atoms with van der Waals surface area (Å²) in [5.74, 6) is 0. The molecule has 3 rings (SSSR count).